The zero-order valence-corrected chi connectivity index (χ0v) is 16.9. The fraction of sp³-hybridized carbons (Fsp3) is 0.167. The van der Waals surface area contributed by atoms with E-state index in [-0.39, 0.29) is 5.56 Å². The number of anilines is 1. The number of halogens is 1. The molecule has 3 aromatic carbocycles. The zero-order valence-electron chi connectivity index (χ0n) is 16.9. The largest absolute Gasteiger partial charge is 0.495 e. The highest BCUT2D eigenvalue weighted by Crippen LogP contribution is 2.28. The van der Waals surface area contributed by atoms with Gasteiger partial charge in [-0.3, -0.25) is 4.79 Å². The normalized spacial score (nSPS) is 11.5. The maximum absolute atomic E-state index is 13.9. The van der Waals surface area contributed by atoms with Crippen LogP contribution < -0.4 is 10.1 Å². The van der Waals surface area contributed by atoms with Crippen molar-refractivity contribution in [1.82, 2.24) is 0 Å². The summed E-state index contributed by atoms with van der Waals surface area (Å²) in [5, 5.41) is 2.76. The van der Waals surface area contributed by atoms with Gasteiger partial charge < -0.3 is 14.8 Å². The molecule has 0 aromatic heterocycles. The summed E-state index contributed by atoms with van der Waals surface area (Å²) >= 11 is 0. The van der Waals surface area contributed by atoms with Crippen molar-refractivity contribution >= 4 is 17.6 Å². The molecule has 5 nitrogen and oxygen atoms in total. The Labute approximate surface area is 174 Å². The van der Waals surface area contributed by atoms with Gasteiger partial charge in [-0.25, -0.2) is 9.18 Å². The van der Waals surface area contributed by atoms with Crippen LogP contribution in [0.5, 0.6) is 5.75 Å². The van der Waals surface area contributed by atoms with Gasteiger partial charge in [0.2, 0.25) is 6.10 Å². The first-order valence-corrected chi connectivity index (χ1v) is 9.36. The van der Waals surface area contributed by atoms with Gasteiger partial charge in [-0.05, 0) is 49.2 Å². The lowest BCUT2D eigenvalue weighted by molar-refractivity contribution is -0.125. The standard InChI is InChI=1S/C24H22FNO4/c1-15-9-12-21(29-3)20(13-15)26-23(27)22(17-7-5-4-6-8-17)30-24(28)18-11-10-16(2)19(25)14-18/h4-14,22H,1-3H3,(H,26,27)/t22-/m0/s1. The molecule has 0 spiro atoms. The first-order valence-electron chi connectivity index (χ1n) is 9.36. The summed E-state index contributed by atoms with van der Waals surface area (Å²) in [6.45, 7) is 3.48. The SMILES string of the molecule is COc1ccc(C)cc1NC(=O)[C@@H](OC(=O)c1ccc(C)c(F)c1)c1ccccc1. The van der Waals surface area contributed by atoms with Crippen molar-refractivity contribution in [1.29, 1.82) is 0 Å². The van der Waals surface area contributed by atoms with Gasteiger partial charge in [0.05, 0.1) is 18.4 Å². The van der Waals surface area contributed by atoms with E-state index in [1.165, 1.54) is 19.2 Å². The second kappa shape index (κ2) is 9.22. The van der Waals surface area contributed by atoms with E-state index in [1.807, 2.05) is 13.0 Å². The molecule has 1 N–H and O–H groups in total. The number of hydrogen-bond acceptors (Lipinski definition) is 4. The minimum Gasteiger partial charge on any atom is -0.495 e. The molecule has 0 saturated heterocycles. The van der Waals surface area contributed by atoms with Crippen LogP contribution in [0, 0.1) is 19.7 Å². The summed E-state index contributed by atoms with van der Waals surface area (Å²) in [5.74, 6) is -1.39. The lowest BCUT2D eigenvalue weighted by Gasteiger charge is -2.19. The molecule has 0 radical (unpaired) electrons. The van der Waals surface area contributed by atoms with Crippen LogP contribution in [0.15, 0.2) is 66.7 Å². The number of rotatable bonds is 6. The van der Waals surface area contributed by atoms with Gasteiger partial charge in [0.25, 0.3) is 5.91 Å². The van der Waals surface area contributed by atoms with E-state index in [0.29, 0.717) is 22.6 Å². The number of hydrogen-bond donors (Lipinski definition) is 1. The van der Waals surface area contributed by atoms with Gasteiger partial charge in [-0.1, -0.05) is 42.5 Å². The fourth-order valence-corrected chi connectivity index (χ4v) is 2.91. The Bertz CT molecular complexity index is 1070. The fourth-order valence-electron chi connectivity index (χ4n) is 2.91. The van der Waals surface area contributed by atoms with Crippen molar-refractivity contribution in [3.05, 3.63) is 94.8 Å². The quantitative estimate of drug-likeness (QED) is 0.585. The van der Waals surface area contributed by atoms with Gasteiger partial charge in [0, 0.05) is 5.56 Å². The molecule has 1 atom stereocenters. The van der Waals surface area contributed by atoms with Crippen LogP contribution >= 0.6 is 0 Å². The highest BCUT2D eigenvalue weighted by molar-refractivity contribution is 5.99. The van der Waals surface area contributed by atoms with Gasteiger partial charge in [0.15, 0.2) is 0 Å². The molecule has 0 unspecified atom stereocenters. The molecular formula is C24H22FNO4. The molecule has 3 rings (SSSR count). The van der Waals surface area contributed by atoms with Crippen LogP contribution in [0.25, 0.3) is 0 Å². The predicted molar refractivity (Wildman–Crippen MR) is 112 cm³/mol. The van der Waals surface area contributed by atoms with Crippen LogP contribution in [0.3, 0.4) is 0 Å². The van der Waals surface area contributed by atoms with Gasteiger partial charge >= 0.3 is 5.97 Å². The second-order valence-corrected chi connectivity index (χ2v) is 6.85. The van der Waals surface area contributed by atoms with E-state index in [0.717, 1.165) is 11.6 Å². The predicted octanol–water partition coefficient (Wildman–Crippen LogP) is 4.99. The Morgan fingerprint density at radius 2 is 1.70 bits per heavy atom. The van der Waals surface area contributed by atoms with Crippen molar-refractivity contribution in [3.8, 4) is 5.75 Å². The molecule has 1 amide bonds. The minimum absolute atomic E-state index is 0.0277. The number of carbonyl (C=O) groups is 2. The maximum atomic E-state index is 13.9. The zero-order chi connectivity index (χ0) is 21.7. The molecule has 30 heavy (non-hydrogen) atoms. The van der Waals surface area contributed by atoms with E-state index in [2.05, 4.69) is 5.32 Å². The van der Waals surface area contributed by atoms with Crippen LogP contribution in [0.1, 0.15) is 33.2 Å². The molecule has 0 bridgehead atoms. The van der Waals surface area contributed by atoms with Gasteiger partial charge in [-0.15, -0.1) is 0 Å². The van der Waals surface area contributed by atoms with E-state index in [9.17, 15) is 14.0 Å². The summed E-state index contributed by atoms with van der Waals surface area (Å²) in [6.07, 6.45) is -1.23. The van der Waals surface area contributed by atoms with Crippen LogP contribution in [0.2, 0.25) is 0 Å². The highest BCUT2D eigenvalue weighted by Gasteiger charge is 2.27. The Hall–Kier alpha value is -3.67. The monoisotopic (exact) mass is 407 g/mol. The molecule has 3 aromatic rings. The molecule has 154 valence electrons. The number of benzene rings is 3. The summed E-state index contributed by atoms with van der Waals surface area (Å²) < 4.78 is 24.7. The molecule has 0 fully saturated rings. The number of aryl methyl sites for hydroxylation is 2. The number of methoxy groups -OCH3 is 1. The Kier molecular flexibility index (Phi) is 6.47. The molecule has 0 aliphatic heterocycles. The van der Waals surface area contributed by atoms with Crippen LogP contribution in [-0.4, -0.2) is 19.0 Å². The average Bonchev–Trinajstić information content (AvgIpc) is 2.74. The lowest BCUT2D eigenvalue weighted by atomic mass is 10.1. The summed E-state index contributed by atoms with van der Waals surface area (Å²) in [7, 11) is 1.50. The summed E-state index contributed by atoms with van der Waals surface area (Å²) in [6, 6.07) is 18.0. The topological polar surface area (TPSA) is 64.6 Å². The number of nitrogens with one attached hydrogen (secondary N) is 1. The summed E-state index contributed by atoms with van der Waals surface area (Å²) in [5.41, 5.74) is 2.31. The summed E-state index contributed by atoms with van der Waals surface area (Å²) in [4.78, 5) is 25.7. The second-order valence-electron chi connectivity index (χ2n) is 6.85. The van der Waals surface area contributed by atoms with Crippen molar-refractivity contribution in [2.75, 3.05) is 12.4 Å². The van der Waals surface area contributed by atoms with Crippen molar-refractivity contribution in [2.45, 2.75) is 20.0 Å². The molecule has 0 aliphatic rings. The molecule has 6 heteroatoms. The molecule has 0 heterocycles. The van der Waals surface area contributed by atoms with Gasteiger partial charge in [-0.2, -0.15) is 0 Å². The van der Waals surface area contributed by atoms with E-state index < -0.39 is 23.8 Å². The smallest absolute Gasteiger partial charge is 0.339 e. The number of esters is 1. The van der Waals surface area contributed by atoms with E-state index in [1.54, 1.807) is 49.4 Å². The maximum Gasteiger partial charge on any atom is 0.339 e. The number of amides is 1. The number of ether oxygens (including phenoxy) is 2. The van der Waals surface area contributed by atoms with E-state index >= 15 is 0 Å². The first kappa shape index (κ1) is 21.0. The Morgan fingerprint density at radius 3 is 2.37 bits per heavy atom. The van der Waals surface area contributed by atoms with Crippen LogP contribution in [-0.2, 0) is 9.53 Å². The number of carbonyl (C=O) groups excluding carboxylic acids is 2. The highest BCUT2D eigenvalue weighted by atomic mass is 19.1. The first-order chi connectivity index (χ1) is 14.4. The molecule has 0 saturated carbocycles. The van der Waals surface area contributed by atoms with Crippen molar-refractivity contribution in [3.63, 3.8) is 0 Å². The Balaban J connectivity index is 1.89. The van der Waals surface area contributed by atoms with Crippen molar-refractivity contribution in [2.24, 2.45) is 0 Å². The lowest BCUT2D eigenvalue weighted by Crippen LogP contribution is -2.26. The Morgan fingerprint density at radius 1 is 0.967 bits per heavy atom. The van der Waals surface area contributed by atoms with E-state index in [4.69, 9.17) is 9.47 Å². The third kappa shape index (κ3) is 4.84. The van der Waals surface area contributed by atoms with Crippen molar-refractivity contribution < 1.29 is 23.5 Å². The molecular weight excluding hydrogens is 385 g/mol. The third-order valence-electron chi connectivity index (χ3n) is 4.59. The third-order valence-corrected chi connectivity index (χ3v) is 4.59. The minimum atomic E-state index is -1.23. The average molecular weight is 407 g/mol. The van der Waals surface area contributed by atoms with Crippen LogP contribution in [0.4, 0.5) is 10.1 Å². The van der Waals surface area contributed by atoms with Gasteiger partial charge in [0.1, 0.15) is 11.6 Å². The molecule has 0 aliphatic carbocycles.